The molecular weight excluding hydrogens is 564 g/mol. The second kappa shape index (κ2) is 13.1. The van der Waals surface area contributed by atoms with Crippen molar-refractivity contribution >= 4 is 34.3 Å². The molecule has 0 fully saturated rings. The number of thiophene rings is 2. The Balaban J connectivity index is 1.59. The third-order valence-corrected chi connectivity index (χ3v) is 10.6. The molecule has 0 saturated carbocycles. The Morgan fingerprint density at radius 3 is 1.80 bits per heavy atom. The normalized spacial score (nSPS) is 12.6. The summed E-state index contributed by atoms with van der Waals surface area (Å²) >= 11 is 10.2. The van der Waals surface area contributed by atoms with Gasteiger partial charge in [0.25, 0.3) is 0 Å². The fraction of sp³-hybridized carbons (Fsp3) is 0.429. The lowest BCUT2D eigenvalue weighted by molar-refractivity contribution is 0.217. The van der Waals surface area contributed by atoms with Gasteiger partial charge in [-0.15, -0.1) is 22.7 Å². The highest BCUT2D eigenvalue weighted by Gasteiger charge is 2.20. The Bertz CT molecular complexity index is 1460. The van der Waals surface area contributed by atoms with Gasteiger partial charge in [0, 0.05) is 50.7 Å². The smallest absolute Gasteiger partial charge is 0.0558 e. The number of benzene rings is 2. The van der Waals surface area contributed by atoms with Crippen molar-refractivity contribution in [3.05, 3.63) is 92.1 Å². The highest BCUT2D eigenvalue weighted by molar-refractivity contribution is 7.16. The molecule has 3 nitrogen and oxygen atoms in total. The maximum atomic E-state index is 9.52. The van der Waals surface area contributed by atoms with Crippen LogP contribution in [-0.2, 0) is 30.5 Å². The number of aliphatic hydroxyl groups excluding tert-OH is 1. The number of aliphatic hydroxyl groups is 1. The zero-order chi connectivity index (χ0) is 29.9. The standard InChI is InChI=1S/C35H45ClN2OS2/c1-34(2,3)32-15-13-30(40-32)28-12-9-24(19-26(28)23-37(7)17-18-39)21-38(8)22-25-10-11-27(36)20-29(25)31-14-16-33(41-31)35(4,5)6/h9-16,19-20,39H,17-18,21-23H2,1-8H3. The van der Waals surface area contributed by atoms with Crippen LogP contribution in [0.4, 0.5) is 0 Å². The maximum absolute atomic E-state index is 9.52. The third-order valence-electron chi connectivity index (χ3n) is 7.28. The molecule has 2 heterocycles. The van der Waals surface area contributed by atoms with Crippen LogP contribution >= 0.6 is 34.3 Å². The molecule has 0 unspecified atom stereocenters. The van der Waals surface area contributed by atoms with Gasteiger partial charge >= 0.3 is 0 Å². The first kappa shape index (κ1) is 31.9. The van der Waals surface area contributed by atoms with Gasteiger partial charge < -0.3 is 5.11 Å². The quantitative estimate of drug-likeness (QED) is 0.194. The summed E-state index contributed by atoms with van der Waals surface area (Å²) in [6, 6.07) is 22.2. The van der Waals surface area contributed by atoms with Crippen LogP contribution in [0.3, 0.4) is 0 Å². The number of hydrogen-bond donors (Lipinski definition) is 1. The minimum absolute atomic E-state index is 0.130. The van der Waals surface area contributed by atoms with E-state index in [1.807, 2.05) is 28.7 Å². The highest BCUT2D eigenvalue weighted by atomic mass is 35.5. The predicted molar refractivity (Wildman–Crippen MR) is 181 cm³/mol. The molecule has 6 heteroatoms. The largest absolute Gasteiger partial charge is 0.395 e. The topological polar surface area (TPSA) is 26.7 Å². The van der Waals surface area contributed by atoms with Crippen molar-refractivity contribution in [1.29, 1.82) is 0 Å². The van der Waals surface area contributed by atoms with Crippen molar-refractivity contribution in [2.24, 2.45) is 0 Å². The maximum Gasteiger partial charge on any atom is 0.0558 e. The zero-order valence-electron chi connectivity index (χ0n) is 25.8. The molecular formula is C35H45ClN2OS2. The fourth-order valence-corrected chi connectivity index (χ4v) is 7.41. The van der Waals surface area contributed by atoms with E-state index < -0.39 is 0 Å². The summed E-state index contributed by atoms with van der Waals surface area (Å²) in [7, 11) is 4.26. The summed E-state index contributed by atoms with van der Waals surface area (Å²) in [6.45, 7) is 16.9. The summed E-state index contributed by atoms with van der Waals surface area (Å²) in [4.78, 5) is 9.92. The first-order valence-electron chi connectivity index (χ1n) is 14.3. The molecule has 0 bridgehead atoms. The van der Waals surface area contributed by atoms with Crippen LogP contribution in [0, 0.1) is 0 Å². The van der Waals surface area contributed by atoms with Crippen molar-refractivity contribution in [3.8, 4) is 20.9 Å². The highest BCUT2D eigenvalue weighted by Crippen LogP contribution is 2.39. The van der Waals surface area contributed by atoms with Crippen LogP contribution in [0.15, 0.2) is 60.7 Å². The van der Waals surface area contributed by atoms with Crippen molar-refractivity contribution in [2.45, 2.75) is 72.0 Å². The lowest BCUT2D eigenvalue weighted by Crippen LogP contribution is -2.22. The molecule has 0 aliphatic rings. The SMILES string of the molecule is CN(CCO)Cc1cc(CN(C)Cc2ccc(Cl)cc2-c2ccc(C(C)(C)C)s2)ccc1-c1ccc(C(C)(C)C)s1. The molecule has 220 valence electrons. The predicted octanol–water partition coefficient (Wildman–Crippen LogP) is 9.45. The summed E-state index contributed by atoms with van der Waals surface area (Å²) in [6.07, 6.45) is 0. The number of rotatable bonds is 10. The minimum Gasteiger partial charge on any atom is -0.395 e. The number of nitrogens with zero attached hydrogens (tertiary/aromatic N) is 2. The third kappa shape index (κ3) is 8.31. The van der Waals surface area contributed by atoms with Gasteiger partial charge in [-0.1, -0.05) is 77.4 Å². The van der Waals surface area contributed by atoms with Gasteiger partial charge in [-0.2, -0.15) is 0 Å². The molecule has 0 amide bonds. The van der Waals surface area contributed by atoms with Crippen LogP contribution in [0.5, 0.6) is 0 Å². The van der Waals surface area contributed by atoms with Gasteiger partial charge in [0.15, 0.2) is 0 Å². The number of halogens is 1. The molecule has 0 spiro atoms. The van der Waals surface area contributed by atoms with E-state index in [0.717, 1.165) is 24.7 Å². The molecule has 41 heavy (non-hydrogen) atoms. The minimum atomic E-state index is 0.130. The van der Waals surface area contributed by atoms with E-state index in [2.05, 4.69) is 120 Å². The second-order valence-electron chi connectivity index (χ2n) is 13.3. The van der Waals surface area contributed by atoms with E-state index in [0.29, 0.717) is 6.54 Å². The monoisotopic (exact) mass is 608 g/mol. The van der Waals surface area contributed by atoms with Gasteiger partial charge in [0.1, 0.15) is 0 Å². The summed E-state index contributed by atoms with van der Waals surface area (Å²) < 4.78 is 0. The molecule has 4 aromatic rings. The van der Waals surface area contributed by atoms with E-state index in [4.69, 9.17) is 11.6 Å². The van der Waals surface area contributed by atoms with Crippen LogP contribution in [0.1, 0.15) is 68.0 Å². The van der Waals surface area contributed by atoms with Gasteiger partial charge in [0.2, 0.25) is 0 Å². The first-order chi connectivity index (χ1) is 19.2. The Kier molecular flexibility index (Phi) is 10.2. The summed E-state index contributed by atoms with van der Waals surface area (Å²) in [5, 5.41) is 10.3. The molecule has 2 aromatic heterocycles. The van der Waals surface area contributed by atoms with E-state index in [-0.39, 0.29) is 17.4 Å². The van der Waals surface area contributed by atoms with Crippen molar-refractivity contribution in [1.82, 2.24) is 9.80 Å². The van der Waals surface area contributed by atoms with E-state index in [1.54, 1.807) is 0 Å². The van der Waals surface area contributed by atoms with Crippen LogP contribution in [0.25, 0.3) is 20.9 Å². The van der Waals surface area contributed by atoms with E-state index >= 15 is 0 Å². The lowest BCUT2D eigenvalue weighted by Gasteiger charge is -2.22. The molecule has 0 atom stereocenters. The van der Waals surface area contributed by atoms with Crippen LogP contribution in [0.2, 0.25) is 5.02 Å². The van der Waals surface area contributed by atoms with Crippen molar-refractivity contribution in [2.75, 3.05) is 27.2 Å². The van der Waals surface area contributed by atoms with Crippen molar-refractivity contribution < 1.29 is 5.11 Å². The fourth-order valence-electron chi connectivity index (χ4n) is 5.00. The summed E-state index contributed by atoms with van der Waals surface area (Å²) in [5.41, 5.74) is 6.65. The molecule has 0 radical (unpaired) electrons. The average molecular weight is 609 g/mol. The van der Waals surface area contributed by atoms with Gasteiger partial charge in [-0.3, -0.25) is 9.80 Å². The van der Waals surface area contributed by atoms with Gasteiger partial charge in [-0.05, 0) is 89.1 Å². The van der Waals surface area contributed by atoms with Gasteiger partial charge in [-0.25, -0.2) is 0 Å². The average Bonchev–Trinajstić information content (AvgIpc) is 3.56. The Morgan fingerprint density at radius 1 is 0.659 bits per heavy atom. The molecule has 1 N–H and O–H groups in total. The van der Waals surface area contributed by atoms with Crippen LogP contribution < -0.4 is 0 Å². The van der Waals surface area contributed by atoms with E-state index in [9.17, 15) is 5.11 Å². The molecule has 0 saturated heterocycles. The lowest BCUT2D eigenvalue weighted by atomic mass is 9.95. The molecule has 2 aromatic carbocycles. The molecule has 0 aliphatic heterocycles. The van der Waals surface area contributed by atoms with E-state index in [1.165, 1.54) is 47.3 Å². The zero-order valence-corrected chi connectivity index (χ0v) is 28.2. The Hall–Kier alpha value is -1.99. The Morgan fingerprint density at radius 2 is 1.24 bits per heavy atom. The van der Waals surface area contributed by atoms with Crippen LogP contribution in [-0.4, -0.2) is 42.2 Å². The number of likely N-dealkylation sites (N-methyl/N-ethyl adjacent to an activating group) is 1. The first-order valence-corrected chi connectivity index (χ1v) is 16.4. The second-order valence-corrected chi connectivity index (χ2v) is 15.9. The summed E-state index contributed by atoms with van der Waals surface area (Å²) in [5.74, 6) is 0. The molecule has 4 rings (SSSR count). The molecule has 0 aliphatic carbocycles. The number of hydrogen-bond acceptors (Lipinski definition) is 5. The van der Waals surface area contributed by atoms with Gasteiger partial charge in [0.05, 0.1) is 6.61 Å². The van der Waals surface area contributed by atoms with Crippen molar-refractivity contribution in [3.63, 3.8) is 0 Å². The Labute approximate surface area is 260 Å².